The van der Waals surface area contributed by atoms with E-state index >= 15 is 0 Å². The van der Waals surface area contributed by atoms with Gasteiger partial charge in [-0.3, -0.25) is 0 Å². The van der Waals surface area contributed by atoms with E-state index in [-0.39, 0.29) is 23.4 Å². The molecule has 0 aromatic carbocycles. The monoisotopic (exact) mass is 368 g/mol. The van der Waals surface area contributed by atoms with Crippen LogP contribution in [-0.2, 0) is 0 Å². The Morgan fingerprint density at radius 3 is 2.31 bits per heavy atom. The predicted octanol–water partition coefficient (Wildman–Crippen LogP) is 1.45. The van der Waals surface area contributed by atoms with E-state index in [1.807, 2.05) is 0 Å². The molecule has 4 saturated carbocycles. The Balaban J connectivity index is 1.66. The first-order valence-corrected chi connectivity index (χ1v) is 10.5. The smallest absolute Gasteiger partial charge is 0.106 e. The van der Waals surface area contributed by atoms with Crippen LogP contribution in [0, 0.1) is 34.5 Å². The van der Waals surface area contributed by atoms with Crippen LogP contribution in [0.5, 0.6) is 0 Å². The third kappa shape index (κ3) is 2.33. The number of aliphatic hydroxyl groups excluding tert-OH is 4. The van der Waals surface area contributed by atoms with Crippen LogP contribution in [0.4, 0.5) is 0 Å². The SMILES string of the molecule is CC12CCC(O)CC1C(O)CC1C2CCC2(C)C1CCC2(O)C(O)CO. The highest BCUT2D eigenvalue weighted by Gasteiger charge is 2.67. The molecule has 0 saturated heterocycles. The fraction of sp³-hybridized carbons (Fsp3) is 1.00. The molecule has 0 amide bonds. The summed E-state index contributed by atoms with van der Waals surface area (Å²) >= 11 is 0. The van der Waals surface area contributed by atoms with E-state index in [4.69, 9.17) is 0 Å². The van der Waals surface area contributed by atoms with Gasteiger partial charge in [-0.15, -0.1) is 0 Å². The molecule has 5 nitrogen and oxygen atoms in total. The van der Waals surface area contributed by atoms with Gasteiger partial charge in [0.05, 0.1) is 24.4 Å². The van der Waals surface area contributed by atoms with E-state index in [1.54, 1.807) is 0 Å². The molecule has 0 aliphatic heterocycles. The highest BCUT2D eigenvalue weighted by atomic mass is 16.4. The van der Waals surface area contributed by atoms with Gasteiger partial charge in [0.25, 0.3) is 0 Å². The summed E-state index contributed by atoms with van der Waals surface area (Å²) in [5.41, 5.74) is -1.59. The van der Waals surface area contributed by atoms with Gasteiger partial charge in [0.2, 0.25) is 0 Å². The van der Waals surface area contributed by atoms with Crippen molar-refractivity contribution in [1.82, 2.24) is 0 Å². The van der Waals surface area contributed by atoms with Gasteiger partial charge in [-0.2, -0.15) is 0 Å². The summed E-state index contributed by atoms with van der Waals surface area (Å²) < 4.78 is 0. The summed E-state index contributed by atoms with van der Waals surface area (Å²) in [6, 6.07) is 0. The molecule has 0 heterocycles. The zero-order valence-electron chi connectivity index (χ0n) is 16.1. The van der Waals surface area contributed by atoms with Crippen molar-refractivity contribution in [2.45, 2.75) is 89.1 Å². The topological polar surface area (TPSA) is 101 Å². The molecular formula is C21H36O5. The number of fused-ring (bicyclic) bond motifs is 5. The maximum atomic E-state index is 11.3. The van der Waals surface area contributed by atoms with Gasteiger partial charge in [0, 0.05) is 5.41 Å². The molecule has 150 valence electrons. The van der Waals surface area contributed by atoms with Crippen molar-refractivity contribution in [2.75, 3.05) is 6.61 Å². The van der Waals surface area contributed by atoms with Crippen molar-refractivity contribution in [1.29, 1.82) is 0 Å². The molecule has 4 fully saturated rings. The lowest BCUT2D eigenvalue weighted by Gasteiger charge is -2.63. The first-order chi connectivity index (χ1) is 12.2. The fourth-order valence-electron chi connectivity index (χ4n) is 8.03. The third-order valence-electron chi connectivity index (χ3n) is 9.59. The summed E-state index contributed by atoms with van der Waals surface area (Å²) in [6.45, 7) is 3.99. The Morgan fingerprint density at radius 2 is 1.62 bits per heavy atom. The van der Waals surface area contributed by atoms with Gasteiger partial charge >= 0.3 is 0 Å². The highest BCUT2D eigenvalue weighted by Crippen LogP contribution is 2.68. The zero-order chi connectivity index (χ0) is 18.9. The highest BCUT2D eigenvalue weighted by molar-refractivity contribution is 5.16. The van der Waals surface area contributed by atoms with E-state index in [9.17, 15) is 25.5 Å². The van der Waals surface area contributed by atoms with Crippen molar-refractivity contribution < 1.29 is 25.5 Å². The Morgan fingerprint density at radius 1 is 0.923 bits per heavy atom. The molecule has 0 aromatic rings. The van der Waals surface area contributed by atoms with E-state index in [0.717, 1.165) is 38.5 Å². The zero-order valence-corrected chi connectivity index (χ0v) is 16.1. The van der Waals surface area contributed by atoms with E-state index in [1.165, 1.54) is 0 Å². The van der Waals surface area contributed by atoms with Gasteiger partial charge in [-0.1, -0.05) is 13.8 Å². The number of hydrogen-bond donors (Lipinski definition) is 5. The van der Waals surface area contributed by atoms with Gasteiger partial charge < -0.3 is 25.5 Å². The van der Waals surface area contributed by atoms with Crippen molar-refractivity contribution in [3.8, 4) is 0 Å². The third-order valence-corrected chi connectivity index (χ3v) is 9.59. The van der Waals surface area contributed by atoms with Gasteiger partial charge in [-0.25, -0.2) is 0 Å². The maximum absolute atomic E-state index is 11.3. The lowest BCUT2D eigenvalue weighted by Crippen LogP contribution is -2.62. The molecule has 26 heavy (non-hydrogen) atoms. The molecular weight excluding hydrogens is 332 g/mol. The summed E-state index contributed by atoms with van der Waals surface area (Å²) in [5.74, 6) is 1.29. The van der Waals surface area contributed by atoms with Crippen molar-refractivity contribution in [2.24, 2.45) is 34.5 Å². The second-order valence-electron chi connectivity index (χ2n) is 10.3. The Labute approximate surface area is 156 Å². The molecule has 4 rings (SSSR count). The minimum absolute atomic E-state index is 0.0548. The molecule has 10 unspecified atom stereocenters. The molecule has 10 atom stereocenters. The minimum atomic E-state index is -1.23. The van der Waals surface area contributed by atoms with E-state index in [0.29, 0.717) is 24.7 Å². The standard InChI is InChI=1S/C21H36O5/c1-19-6-3-12(23)9-16(19)17(24)10-13-14(19)4-7-20(2)15(13)5-8-21(20,26)18(25)11-22/h12-18,22-26H,3-11H2,1-2H3. The second kappa shape index (κ2) is 6.15. The first-order valence-electron chi connectivity index (χ1n) is 10.5. The van der Waals surface area contributed by atoms with Gasteiger partial charge in [0.15, 0.2) is 0 Å². The lowest BCUT2D eigenvalue weighted by atomic mass is 9.43. The predicted molar refractivity (Wildman–Crippen MR) is 97.2 cm³/mol. The van der Waals surface area contributed by atoms with Crippen LogP contribution in [-0.4, -0.2) is 56.1 Å². The van der Waals surface area contributed by atoms with Crippen molar-refractivity contribution in [3.63, 3.8) is 0 Å². The molecule has 0 spiro atoms. The molecule has 5 N–H and O–H groups in total. The quantitative estimate of drug-likeness (QED) is 0.508. The van der Waals surface area contributed by atoms with Crippen LogP contribution in [0.2, 0.25) is 0 Å². The normalized spacial score (nSPS) is 57.8. The van der Waals surface area contributed by atoms with Crippen LogP contribution in [0.25, 0.3) is 0 Å². The van der Waals surface area contributed by atoms with Gasteiger partial charge in [-0.05, 0) is 80.5 Å². The fourth-order valence-corrected chi connectivity index (χ4v) is 8.03. The maximum Gasteiger partial charge on any atom is 0.106 e. The molecule has 0 bridgehead atoms. The first kappa shape index (κ1) is 19.1. The average Bonchev–Trinajstić information content (AvgIpc) is 2.88. The van der Waals surface area contributed by atoms with E-state index in [2.05, 4.69) is 13.8 Å². The summed E-state index contributed by atoms with van der Waals surface area (Å²) in [5, 5.41) is 52.2. The number of rotatable bonds is 2. The molecule has 4 aliphatic rings. The Kier molecular flexibility index (Phi) is 4.52. The van der Waals surface area contributed by atoms with E-state index < -0.39 is 29.8 Å². The van der Waals surface area contributed by atoms with Crippen LogP contribution in [0.15, 0.2) is 0 Å². The van der Waals surface area contributed by atoms with Gasteiger partial charge in [0.1, 0.15) is 6.10 Å². The van der Waals surface area contributed by atoms with Crippen LogP contribution in [0.3, 0.4) is 0 Å². The molecule has 0 aromatic heterocycles. The van der Waals surface area contributed by atoms with Crippen LogP contribution < -0.4 is 0 Å². The molecule has 0 radical (unpaired) electrons. The minimum Gasteiger partial charge on any atom is -0.394 e. The van der Waals surface area contributed by atoms with Crippen molar-refractivity contribution in [3.05, 3.63) is 0 Å². The second-order valence-corrected chi connectivity index (χ2v) is 10.3. The summed E-state index contributed by atoms with van der Waals surface area (Å²) in [6.07, 6.45) is 4.66. The average molecular weight is 369 g/mol. The number of aliphatic hydroxyl groups is 5. The van der Waals surface area contributed by atoms with Crippen LogP contribution in [0.1, 0.15) is 65.2 Å². The molecule has 4 aliphatic carbocycles. The van der Waals surface area contributed by atoms with Crippen molar-refractivity contribution >= 4 is 0 Å². The summed E-state index contributed by atoms with van der Waals surface area (Å²) in [7, 11) is 0. The number of hydrogen-bond acceptors (Lipinski definition) is 5. The largest absolute Gasteiger partial charge is 0.394 e. The van der Waals surface area contributed by atoms with Crippen LogP contribution >= 0.6 is 0 Å². The Hall–Kier alpha value is -0.200. The Bertz CT molecular complexity index is 555. The lowest BCUT2D eigenvalue weighted by molar-refractivity contribution is -0.210. The summed E-state index contributed by atoms with van der Waals surface area (Å²) in [4.78, 5) is 0. The molecule has 5 heteroatoms.